The Morgan fingerprint density at radius 3 is 2.68 bits per heavy atom. The van der Waals surface area contributed by atoms with E-state index in [0.29, 0.717) is 33.2 Å². The number of benzene rings is 2. The number of aryl methyl sites for hydroxylation is 1. The minimum Gasteiger partial charge on any atom is -0.396 e. The summed E-state index contributed by atoms with van der Waals surface area (Å²) in [6.45, 7) is 1.29. The first-order valence-corrected chi connectivity index (χ1v) is 10.2. The zero-order valence-electron chi connectivity index (χ0n) is 16.7. The lowest BCUT2D eigenvalue weighted by Crippen LogP contribution is -2.35. The van der Waals surface area contributed by atoms with Crippen molar-refractivity contribution in [3.05, 3.63) is 85.5 Å². The molecular formula is C22H20Cl2FN3O3. The Hall–Kier alpha value is -2.74. The summed E-state index contributed by atoms with van der Waals surface area (Å²) >= 11 is 11.9. The molecule has 31 heavy (non-hydrogen) atoms. The SMILES string of the molecule is Cc1nc(-c2cccc(Cl)c2)n(CC(=O)NCc2ccc(F)c(Cl)c2)c(=O)c1CCO. The lowest BCUT2D eigenvalue weighted by Gasteiger charge is -2.16. The third-order valence-corrected chi connectivity index (χ3v) is 5.21. The van der Waals surface area contributed by atoms with Crippen molar-refractivity contribution in [1.29, 1.82) is 0 Å². The summed E-state index contributed by atoms with van der Waals surface area (Å²) in [6.07, 6.45) is 0.128. The van der Waals surface area contributed by atoms with Gasteiger partial charge in [0.1, 0.15) is 18.2 Å². The van der Waals surface area contributed by atoms with Crippen LogP contribution in [0.1, 0.15) is 16.8 Å². The minimum atomic E-state index is -0.545. The number of aliphatic hydroxyl groups excluding tert-OH is 1. The zero-order valence-corrected chi connectivity index (χ0v) is 18.2. The number of carbonyl (C=O) groups excluding carboxylic acids is 1. The number of nitrogens with zero attached hydrogens (tertiary/aromatic N) is 2. The number of amides is 1. The fourth-order valence-electron chi connectivity index (χ4n) is 3.14. The van der Waals surface area contributed by atoms with Crippen molar-refractivity contribution in [2.75, 3.05) is 6.61 Å². The largest absolute Gasteiger partial charge is 0.396 e. The molecule has 1 amide bonds. The molecule has 0 aliphatic carbocycles. The van der Waals surface area contributed by atoms with Gasteiger partial charge in [0.25, 0.3) is 5.56 Å². The van der Waals surface area contributed by atoms with E-state index in [4.69, 9.17) is 23.2 Å². The smallest absolute Gasteiger partial charge is 0.257 e. The van der Waals surface area contributed by atoms with E-state index in [2.05, 4.69) is 10.3 Å². The molecule has 9 heteroatoms. The van der Waals surface area contributed by atoms with E-state index in [9.17, 15) is 19.1 Å². The zero-order chi connectivity index (χ0) is 22.5. The van der Waals surface area contributed by atoms with Crippen molar-refractivity contribution in [1.82, 2.24) is 14.9 Å². The third-order valence-electron chi connectivity index (χ3n) is 4.69. The maximum atomic E-state index is 13.3. The van der Waals surface area contributed by atoms with Crippen LogP contribution in [-0.4, -0.2) is 27.2 Å². The summed E-state index contributed by atoms with van der Waals surface area (Å²) in [6, 6.07) is 11.0. The first-order valence-electron chi connectivity index (χ1n) is 9.48. The van der Waals surface area contributed by atoms with Crippen molar-refractivity contribution in [3.63, 3.8) is 0 Å². The fraction of sp³-hybridized carbons (Fsp3) is 0.227. The highest BCUT2D eigenvalue weighted by molar-refractivity contribution is 6.31. The number of hydrogen-bond acceptors (Lipinski definition) is 4. The molecule has 0 aliphatic rings. The number of aliphatic hydroxyl groups is 1. The Labute approximate surface area is 188 Å². The van der Waals surface area contributed by atoms with E-state index in [1.165, 1.54) is 22.8 Å². The van der Waals surface area contributed by atoms with Gasteiger partial charge in [0.2, 0.25) is 5.91 Å². The average molecular weight is 464 g/mol. The third kappa shape index (κ3) is 5.50. The average Bonchev–Trinajstić information content (AvgIpc) is 2.74. The van der Waals surface area contributed by atoms with Gasteiger partial charge in [0, 0.05) is 41.4 Å². The fourth-order valence-corrected chi connectivity index (χ4v) is 3.54. The highest BCUT2D eigenvalue weighted by atomic mass is 35.5. The topological polar surface area (TPSA) is 84.2 Å². The minimum absolute atomic E-state index is 0.0393. The van der Waals surface area contributed by atoms with Gasteiger partial charge in [-0.1, -0.05) is 41.4 Å². The summed E-state index contributed by atoms with van der Waals surface area (Å²) in [4.78, 5) is 30.2. The van der Waals surface area contributed by atoms with Crippen LogP contribution in [0.25, 0.3) is 11.4 Å². The highest BCUT2D eigenvalue weighted by Crippen LogP contribution is 2.21. The number of halogens is 3. The maximum absolute atomic E-state index is 13.3. The first-order chi connectivity index (χ1) is 14.8. The van der Waals surface area contributed by atoms with E-state index in [0.717, 1.165) is 0 Å². The Morgan fingerprint density at radius 2 is 2.00 bits per heavy atom. The lowest BCUT2D eigenvalue weighted by molar-refractivity contribution is -0.121. The molecule has 0 unspecified atom stereocenters. The van der Waals surface area contributed by atoms with Crippen molar-refractivity contribution >= 4 is 29.1 Å². The molecule has 1 aromatic heterocycles. The Kier molecular flexibility index (Phi) is 7.43. The molecule has 2 aromatic carbocycles. The number of hydrogen-bond donors (Lipinski definition) is 2. The molecule has 2 N–H and O–H groups in total. The van der Waals surface area contributed by atoms with Gasteiger partial charge in [-0.15, -0.1) is 0 Å². The maximum Gasteiger partial charge on any atom is 0.257 e. The quantitative estimate of drug-likeness (QED) is 0.561. The van der Waals surface area contributed by atoms with Crippen LogP contribution < -0.4 is 10.9 Å². The van der Waals surface area contributed by atoms with Gasteiger partial charge in [-0.2, -0.15) is 0 Å². The van der Waals surface area contributed by atoms with E-state index in [1.54, 1.807) is 31.2 Å². The first kappa shape index (κ1) is 22.9. The van der Waals surface area contributed by atoms with E-state index >= 15 is 0 Å². The Morgan fingerprint density at radius 1 is 1.23 bits per heavy atom. The van der Waals surface area contributed by atoms with Crippen molar-refractivity contribution in [2.24, 2.45) is 0 Å². The van der Waals surface area contributed by atoms with Gasteiger partial charge in [-0.05, 0) is 36.8 Å². The molecule has 3 aromatic rings. The second-order valence-corrected chi connectivity index (χ2v) is 7.74. The van der Waals surface area contributed by atoms with E-state index in [-0.39, 0.29) is 31.1 Å². The number of carbonyl (C=O) groups is 1. The Balaban J connectivity index is 1.92. The van der Waals surface area contributed by atoms with Crippen molar-refractivity contribution in [3.8, 4) is 11.4 Å². The number of nitrogens with one attached hydrogen (secondary N) is 1. The van der Waals surface area contributed by atoms with Crippen LogP contribution in [0.5, 0.6) is 0 Å². The molecule has 3 rings (SSSR count). The molecule has 162 valence electrons. The molecule has 0 spiro atoms. The van der Waals surface area contributed by atoms with Gasteiger partial charge in [0.05, 0.1) is 5.02 Å². The molecule has 0 bridgehead atoms. The standard InChI is InChI=1S/C22H20Cl2FN3O3/c1-13-17(7-8-29)22(31)28(21(27-13)15-3-2-4-16(23)10-15)12-20(30)26-11-14-5-6-19(25)18(24)9-14/h2-6,9-10,29H,7-8,11-12H2,1H3,(H,26,30). The summed E-state index contributed by atoms with van der Waals surface area (Å²) in [5, 5.41) is 12.4. The summed E-state index contributed by atoms with van der Waals surface area (Å²) < 4.78 is 14.6. The number of aromatic nitrogens is 2. The van der Waals surface area contributed by atoms with Crippen LogP contribution in [0, 0.1) is 12.7 Å². The molecule has 6 nitrogen and oxygen atoms in total. The lowest BCUT2D eigenvalue weighted by atomic mass is 10.1. The van der Waals surface area contributed by atoms with Crippen LogP contribution in [0.2, 0.25) is 10.0 Å². The normalized spacial score (nSPS) is 10.9. The van der Waals surface area contributed by atoms with Crippen LogP contribution in [0.4, 0.5) is 4.39 Å². The molecule has 0 atom stereocenters. The molecule has 0 radical (unpaired) electrons. The van der Waals surface area contributed by atoms with Crippen LogP contribution in [-0.2, 0) is 24.3 Å². The number of rotatable bonds is 7. The molecular weight excluding hydrogens is 444 g/mol. The highest BCUT2D eigenvalue weighted by Gasteiger charge is 2.18. The van der Waals surface area contributed by atoms with Gasteiger partial charge in [0.15, 0.2) is 0 Å². The monoisotopic (exact) mass is 463 g/mol. The second-order valence-electron chi connectivity index (χ2n) is 6.90. The summed E-state index contributed by atoms with van der Waals surface area (Å²) in [5.41, 5.74) is 1.61. The molecule has 0 saturated carbocycles. The Bertz CT molecular complexity index is 1180. The van der Waals surface area contributed by atoms with Gasteiger partial charge in [-0.3, -0.25) is 14.2 Å². The van der Waals surface area contributed by atoms with E-state index in [1.807, 2.05) is 0 Å². The van der Waals surface area contributed by atoms with Gasteiger partial charge < -0.3 is 10.4 Å². The van der Waals surface area contributed by atoms with Gasteiger partial charge in [-0.25, -0.2) is 9.37 Å². The second kappa shape index (κ2) is 10.0. The van der Waals surface area contributed by atoms with E-state index < -0.39 is 17.3 Å². The molecule has 0 saturated heterocycles. The van der Waals surface area contributed by atoms with Crippen LogP contribution >= 0.6 is 23.2 Å². The van der Waals surface area contributed by atoms with Crippen LogP contribution in [0.3, 0.4) is 0 Å². The predicted molar refractivity (Wildman–Crippen MR) is 118 cm³/mol. The van der Waals surface area contributed by atoms with Crippen molar-refractivity contribution in [2.45, 2.75) is 26.4 Å². The van der Waals surface area contributed by atoms with Crippen molar-refractivity contribution < 1.29 is 14.3 Å². The molecule has 1 heterocycles. The van der Waals surface area contributed by atoms with Gasteiger partial charge >= 0.3 is 0 Å². The summed E-state index contributed by atoms with van der Waals surface area (Å²) in [7, 11) is 0. The summed E-state index contributed by atoms with van der Waals surface area (Å²) in [5.74, 6) is -0.685. The molecule has 0 fully saturated rings. The molecule has 0 aliphatic heterocycles. The van der Waals surface area contributed by atoms with Crippen LogP contribution in [0.15, 0.2) is 47.3 Å². The predicted octanol–water partition coefficient (Wildman–Crippen LogP) is 3.52.